The van der Waals surface area contributed by atoms with Gasteiger partial charge in [-0.25, -0.2) is 0 Å². The van der Waals surface area contributed by atoms with Gasteiger partial charge in [-0.1, -0.05) is 31.4 Å². The van der Waals surface area contributed by atoms with Crippen molar-refractivity contribution in [1.29, 1.82) is 0 Å². The molecule has 1 unspecified atom stereocenters. The van der Waals surface area contributed by atoms with E-state index in [1.807, 2.05) is 12.1 Å². The number of aliphatic carboxylic acids is 1. The van der Waals surface area contributed by atoms with Crippen LogP contribution in [0.4, 0.5) is 0 Å². The summed E-state index contributed by atoms with van der Waals surface area (Å²) in [7, 11) is 0. The molecule has 0 aromatic heterocycles. The summed E-state index contributed by atoms with van der Waals surface area (Å²) in [6.07, 6.45) is 5.44. The van der Waals surface area contributed by atoms with Crippen molar-refractivity contribution in [3.05, 3.63) is 29.8 Å². The van der Waals surface area contributed by atoms with Gasteiger partial charge in [0, 0.05) is 0 Å². The van der Waals surface area contributed by atoms with E-state index in [-0.39, 0.29) is 0 Å². The Kier molecular flexibility index (Phi) is 6.16. The lowest BCUT2D eigenvalue weighted by molar-refractivity contribution is -0.139. The SMILES string of the molecule is CC(Cl)(CCCCCCc1ccc(O)cc1)C(=O)O. The molecule has 0 heterocycles. The maximum Gasteiger partial charge on any atom is 0.324 e. The molecule has 106 valence electrons. The van der Waals surface area contributed by atoms with Gasteiger partial charge in [0.15, 0.2) is 0 Å². The average molecular weight is 285 g/mol. The molecule has 0 spiro atoms. The van der Waals surface area contributed by atoms with Crippen LogP contribution in [0.25, 0.3) is 0 Å². The number of carboxylic acids is 1. The van der Waals surface area contributed by atoms with Gasteiger partial charge in [0.2, 0.25) is 0 Å². The maximum atomic E-state index is 10.8. The van der Waals surface area contributed by atoms with Gasteiger partial charge in [0.25, 0.3) is 0 Å². The number of rotatable bonds is 8. The summed E-state index contributed by atoms with van der Waals surface area (Å²) in [5.74, 6) is -0.655. The lowest BCUT2D eigenvalue weighted by Crippen LogP contribution is -2.28. The Balaban J connectivity index is 2.12. The van der Waals surface area contributed by atoms with E-state index in [1.165, 1.54) is 5.56 Å². The smallest absolute Gasteiger partial charge is 0.324 e. The normalized spacial score (nSPS) is 14.0. The van der Waals surface area contributed by atoms with Crippen LogP contribution in [0.3, 0.4) is 0 Å². The van der Waals surface area contributed by atoms with E-state index in [4.69, 9.17) is 21.8 Å². The number of phenols is 1. The van der Waals surface area contributed by atoms with Gasteiger partial charge in [-0.05, 0) is 43.9 Å². The molecule has 1 aromatic carbocycles. The number of hydrogen-bond donors (Lipinski definition) is 2. The van der Waals surface area contributed by atoms with Gasteiger partial charge in [-0.2, -0.15) is 0 Å². The van der Waals surface area contributed by atoms with Crippen LogP contribution in [0.1, 0.15) is 44.6 Å². The third-order valence-electron chi connectivity index (χ3n) is 3.24. The number of hydrogen-bond acceptors (Lipinski definition) is 2. The minimum Gasteiger partial charge on any atom is -0.508 e. The molecule has 1 aromatic rings. The van der Waals surface area contributed by atoms with E-state index in [9.17, 15) is 4.79 Å². The average Bonchev–Trinajstić information content (AvgIpc) is 2.35. The first kappa shape index (κ1) is 15.8. The van der Waals surface area contributed by atoms with Crippen molar-refractivity contribution in [3.63, 3.8) is 0 Å². The minimum atomic E-state index is -1.13. The molecule has 0 saturated carbocycles. The highest BCUT2D eigenvalue weighted by atomic mass is 35.5. The lowest BCUT2D eigenvalue weighted by Gasteiger charge is -2.15. The highest BCUT2D eigenvalue weighted by molar-refractivity contribution is 6.33. The predicted octanol–water partition coefficient (Wildman–Crippen LogP) is 3.97. The second-order valence-corrected chi connectivity index (χ2v) is 5.92. The number of phenolic OH excluding ortho intramolecular Hbond substituents is 1. The fourth-order valence-electron chi connectivity index (χ4n) is 1.91. The third-order valence-corrected chi connectivity index (χ3v) is 3.59. The molecular formula is C15H21ClO3. The number of carbonyl (C=O) groups is 1. The van der Waals surface area contributed by atoms with Crippen LogP contribution in [0.2, 0.25) is 0 Å². The molecule has 1 rings (SSSR count). The Labute approximate surface area is 119 Å². The van der Waals surface area contributed by atoms with E-state index in [0.717, 1.165) is 32.1 Å². The summed E-state index contributed by atoms with van der Waals surface area (Å²) < 4.78 is 0. The van der Waals surface area contributed by atoms with Gasteiger partial charge in [0.1, 0.15) is 10.6 Å². The Morgan fingerprint density at radius 2 is 1.74 bits per heavy atom. The molecule has 0 radical (unpaired) electrons. The molecule has 19 heavy (non-hydrogen) atoms. The number of aryl methyl sites for hydroxylation is 1. The maximum absolute atomic E-state index is 10.8. The second kappa shape index (κ2) is 7.39. The Bertz CT molecular complexity index is 398. The highest BCUT2D eigenvalue weighted by Gasteiger charge is 2.29. The second-order valence-electron chi connectivity index (χ2n) is 5.08. The van der Waals surface area contributed by atoms with Crippen molar-refractivity contribution in [2.45, 2.75) is 50.3 Å². The van der Waals surface area contributed by atoms with E-state index in [2.05, 4.69) is 0 Å². The number of alkyl halides is 1. The van der Waals surface area contributed by atoms with Crippen molar-refractivity contribution in [3.8, 4) is 5.75 Å². The van der Waals surface area contributed by atoms with E-state index in [0.29, 0.717) is 12.2 Å². The summed E-state index contributed by atoms with van der Waals surface area (Å²) >= 11 is 5.87. The summed E-state index contributed by atoms with van der Waals surface area (Å²) in [5.41, 5.74) is 1.21. The first-order valence-corrected chi connectivity index (χ1v) is 7.00. The van der Waals surface area contributed by atoms with Crippen LogP contribution in [0.15, 0.2) is 24.3 Å². The van der Waals surface area contributed by atoms with E-state index < -0.39 is 10.8 Å². The molecule has 0 saturated heterocycles. The molecule has 4 heteroatoms. The number of halogens is 1. The molecule has 0 aliphatic rings. The quantitative estimate of drug-likeness (QED) is 0.561. The van der Waals surface area contributed by atoms with Crippen molar-refractivity contribution < 1.29 is 15.0 Å². The van der Waals surface area contributed by atoms with Gasteiger partial charge in [0.05, 0.1) is 0 Å². The molecule has 0 aliphatic heterocycles. The monoisotopic (exact) mass is 284 g/mol. The zero-order chi connectivity index (χ0) is 14.3. The number of aromatic hydroxyl groups is 1. The fourth-order valence-corrected chi connectivity index (χ4v) is 2.04. The largest absolute Gasteiger partial charge is 0.508 e. The number of carboxylic acid groups (broad SMARTS) is 1. The molecule has 0 bridgehead atoms. The first-order chi connectivity index (χ1) is 8.92. The summed E-state index contributed by atoms with van der Waals surface area (Å²) in [5, 5.41) is 18.0. The number of unbranched alkanes of at least 4 members (excludes halogenated alkanes) is 3. The summed E-state index contributed by atoms with van der Waals surface area (Å²) in [4.78, 5) is 9.67. The Morgan fingerprint density at radius 1 is 1.16 bits per heavy atom. The Morgan fingerprint density at radius 3 is 2.32 bits per heavy atom. The van der Waals surface area contributed by atoms with Crippen molar-refractivity contribution in [2.24, 2.45) is 0 Å². The lowest BCUT2D eigenvalue weighted by atomic mass is 10.0. The van der Waals surface area contributed by atoms with Crippen LogP contribution < -0.4 is 0 Å². The van der Waals surface area contributed by atoms with Crippen LogP contribution in [-0.2, 0) is 11.2 Å². The van der Waals surface area contributed by atoms with E-state index >= 15 is 0 Å². The molecular weight excluding hydrogens is 264 g/mol. The van der Waals surface area contributed by atoms with Crippen LogP contribution >= 0.6 is 11.6 Å². The van der Waals surface area contributed by atoms with Crippen molar-refractivity contribution in [2.75, 3.05) is 0 Å². The summed E-state index contributed by atoms with van der Waals surface area (Å²) in [6, 6.07) is 7.24. The number of benzene rings is 1. The predicted molar refractivity (Wildman–Crippen MR) is 76.8 cm³/mol. The standard InChI is InChI=1S/C15H21ClO3/c1-15(16,14(18)19)11-5-3-2-4-6-12-7-9-13(17)10-8-12/h7-10,17H,2-6,11H2,1H3,(H,18,19). The fraction of sp³-hybridized carbons (Fsp3) is 0.533. The highest BCUT2D eigenvalue weighted by Crippen LogP contribution is 2.23. The molecule has 0 amide bonds. The van der Waals surface area contributed by atoms with Gasteiger partial charge >= 0.3 is 5.97 Å². The third kappa shape index (κ3) is 5.97. The van der Waals surface area contributed by atoms with Gasteiger partial charge in [-0.3, -0.25) is 4.79 Å². The van der Waals surface area contributed by atoms with Gasteiger partial charge < -0.3 is 10.2 Å². The van der Waals surface area contributed by atoms with Crippen LogP contribution in [0, 0.1) is 0 Å². The van der Waals surface area contributed by atoms with Crippen LogP contribution in [0.5, 0.6) is 5.75 Å². The zero-order valence-electron chi connectivity index (χ0n) is 11.2. The molecule has 2 N–H and O–H groups in total. The zero-order valence-corrected chi connectivity index (χ0v) is 12.0. The first-order valence-electron chi connectivity index (χ1n) is 6.62. The molecule has 1 atom stereocenters. The van der Waals surface area contributed by atoms with Crippen molar-refractivity contribution >= 4 is 17.6 Å². The molecule has 3 nitrogen and oxygen atoms in total. The van der Waals surface area contributed by atoms with Crippen LogP contribution in [-0.4, -0.2) is 21.1 Å². The molecule has 0 aliphatic carbocycles. The molecule has 0 fully saturated rings. The Hall–Kier alpha value is -1.22. The topological polar surface area (TPSA) is 57.5 Å². The van der Waals surface area contributed by atoms with E-state index in [1.54, 1.807) is 19.1 Å². The van der Waals surface area contributed by atoms with Crippen molar-refractivity contribution in [1.82, 2.24) is 0 Å². The minimum absolute atomic E-state index is 0.291. The summed E-state index contributed by atoms with van der Waals surface area (Å²) in [6.45, 7) is 1.55. The van der Waals surface area contributed by atoms with Gasteiger partial charge in [-0.15, -0.1) is 11.6 Å².